The molecule has 2 saturated carbocycles. The van der Waals surface area contributed by atoms with Gasteiger partial charge in [0.25, 0.3) is 5.91 Å². The minimum absolute atomic E-state index is 0.00541. The van der Waals surface area contributed by atoms with Gasteiger partial charge in [0.05, 0.1) is 17.8 Å². The van der Waals surface area contributed by atoms with Crippen LogP contribution in [0.15, 0.2) is 54.7 Å². The van der Waals surface area contributed by atoms with Gasteiger partial charge in [-0.2, -0.15) is 0 Å². The Morgan fingerprint density at radius 2 is 1.88 bits per heavy atom. The van der Waals surface area contributed by atoms with E-state index < -0.39 is 0 Å². The van der Waals surface area contributed by atoms with Gasteiger partial charge >= 0.3 is 0 Å². The summed E-state index contributed by atoms with van der Waals surface area (Å²) in [7, 11) is 0. The highest BCUT2D eigenvalue weighted by atomic mass is 16.2. The standard InChI is InChI=1S/C26H25N5O2/c32-23-13-18-14-27-26(31-24(18)20-3-1-2-4-21(20)29-23)28-19-9-7-16(8-10-19)25(33)30-22-12-15-5-6-17(22)11-15/h1-4,7-10,14-15,17,22H,5-6,11-13H2,(H,29,32)(H,30,33)(H,27,28,31)/t15-,17-,22+/m0/s1. The highest BCUT2D eigenvalue weighted by Gasteiger charge is 2.40. The molecule has 0 radical (unpaired) electrons. The van der Waals surface area contributed by atoms with Crippen LogP contribution in [0.5, 0.6) is 0 Å². The van der Waals surface area contributed by atoms with E-state index in [1.54, 1.807) is 6.20 Å². The third-order valence-electron chi connectivity index (χ3n) is 7.13. The van der Waals surface area contributed by atoms with E-state index in [-0.39, 0.29) is 18.2 Å². The molecule has 0 unspecified atom stereocenters. The van der Waals surface area contributed by atoms with E-state index in [2.05, 4.69) is 20.9 Å². The van der Waals surface area contributed by atoms with E-state index >= 15 is 0 Å². The van der Waals surface area contributed by atoms with Gasteiger partial charge in [0.2, 0.25) is 11.9 Å². The zero-order valence-electron chi connectivity index (χ0n) is 18.2. The van der Waals surface area contributed by atoms with Gasteiger partial charge in [-0.3, -0.25) is 9.59 Å². The number of fused-ring (bicyclic) bond motifs is 5. The van der Waals surface area contributed by atoms with Crippen molar-refractivity contribution in [1.82, 2.24) is 15.3 Å². The number of amides is 2. The molecule has 2 aromatic carbocycles. The molecule has 2 aliphatic carbocycles. The molecule has 1 aliphatic heterocycles. The van der Waals surface area contributed by atoms with Gasteiger partial charge in [-0.05, 0) is 61.4 Å². The van der Waals surface area contributed by atoms with Crippen LogP contribution in [-0.4, -0.2) is 27.8 Å². The number of carbonyl (C=O) groups excluding carboxylic acids is 2. The number of benzene rings is 2. The predicted octanol–water partition coefficient (Wildman–Crippen LogP) is 4.30. The second-order valence-electron chi connectivity index (χ2n) is 9.30. The highest BCUT2D eigenvalue weighted by Crippen LogP contribution is 2.44. The van der Waals surface area contributed by atoms with E-state index in [0.29, 0.717) is 23.5 Å². The lowest BCUT2D eigenvalue weighted by molar-refractivity contribution is -0.115. The monoisotopic (exact) mass is 439 g/mol. The van der Waals surface area contributed by atoms with Gasteiger partial charge in [-0.1, -0.05) is 24.6 Å². The van der Waals surface area contributed by atoms with E-state index in [9.17, 15) is 9.59 Å². The summed E-state index contributed by atoms with van der Waals surface area (Å²) in [5.41, 5.74) is 4.60. The first-order chi connectivity index (χ1) is 16.1. The van der Waals surface area contributed by atoms with Crippen molar-refractivity contribution in [2.24, 2.45) is 11.8 Å². The van der Waals surface area contributed by atoms with Crippen LogP contribution in [0.3, 0.4) is 0 Å². The average molecular weight is 440 g/mol. The largest absolute Gasteiger partial charge is 0.349 e. The number of nitrogens with zero attached hydrogens (tertiary/aromatic N) is 2. The third kappa shape index (κ3) is 3.84. The fourth-order valence-corrected chi connectivity index (χ4v) is 5.50. The quantitative estimate of drug-likeness (QED) is 0.563. The number of carbonyl (C=O) groups is 2. The van der Waals surface area contributed by atoms with Crippen LogP contribution >= 0.6 is 0 Å². The summed E-state index contributed by atoms with van der Waals surface area (Å²) in [5, 5.41) is 9.37. The van der Waals surface area contributed by atoms with Gasteiger partial charge in [0.15, 0.2) is 0 Å². The molecule has 0 saturated heterocycles. The highest BCUT2D eigenvalue weighted by molar-refractivity contribution is 6.00. The lowest BCUT2D eigenvalue weighted by Gasteiger charge is -2.22. The van der Waals surface area contributed by atoms with Crippen molar-refractivity contribution in [3.8, 4) is 11.3 Å². The Hall–Kier alpha value is -3.74. The van der Waals surface area contributed by atoms with Gasteiger partial charge in [0, 0.05) is 34.6 Å². The lowest BCUT2D eigenvalue weighted by atomic mass is 9.95. The number of aromatic nitrogens is 2. The maximum atomic E-state index is 12.7. The molecule has 166 valence electrons. The maximum Gasteiger partial charge on any atom is 0.251 e. The van der Waals surface area contributed by atoms with Crippen LogP contribution in [0, 0.1) is 11.8 Å². The van der Waals surface area contributed by atoms with Crippen LogP contribution in [0.4, 0.5) is 17.3 Å². The van der Waals surface area contributed by atoms with Crippen LogP contribution in [-0.2, 0) is 11.2 Å². The first-order valence-corrected chi connectivity index (χ1v) is 11.6. The SMILES string of the molecule is O=C1Cc2cnc(Nc3ccc(C(=O)N[C@@H]4C[C@H]5CC[C@H]4C5)cc3)nc2-c2ccccc2N1. The summed E-state index contributed by atoms with van der Waals surface area (Å²) in [4.78, 5) is 34.0. The fourth-order valence-electron chi connectivity index (χ4n) is 5.50. The molecule has 7 nitrogen and oxygen atoms in total. The Bertz CT molecular complexity index is 1240. The van der Waals surface area contributed by atoms with Gasteiger partial charge in [-0.25, -0.2) is 9.97 Å². The molecule has 3 aromatic rings. The van der Waals surface area contributed by atoms with Crippen LogP contribution < -0.4 is 16.0 Å². The first kappa shape index (κ1) is 19.9. The predicted molar refractivity (Wildman–Crippen MR) is 126 cm³/mol. The van der Waals surface area contributed by atoms with Crippen molar-refractivity contribution in [2.45, 2.75) is 38.1 Å². The summed E-state index contributed by atoms with van der Waals surface area (Å²) in [6, 6.07) is 15.3. The second-order valence-corrected chi connectivity index (χ2v) is 9.30. The molecule has 6 rings (SSSR count). The van der Waals surface area contributed by atoms with Gasteiger partial charge in [-0.15, -0.1) is 0 Å². The Kier molecular flexibility index (Phi) is 4.82. The summed E-state index contributed by atoms with van der Waals surface area (Å²) in [6.45, 7) is 0. The Balaban J connectivity index is 1.19. The summed E-state index contributed by atoms with van der Waals surface area (Å²) >= 11 is 0. The van der Waals surface area contributed by atoms with E-state index in [4.69, 9.17) is 4.98 Å². The molecule has 2 bridgehead atoms. The molecule has 7 heteroatoms. The molecule has 2 heterocycles. The molecule has 1 aromatic heterocycles. The van der Waals surface area contributed by atoms with Gasteiger partial charge < -0.3 is 16.0 Å². The van der Waals surface area contributed by atoms with Crippen molar-refractivity contribution in [2.75, 3.05) is 10.6 Å². The average Bonchev–Trinajstić information content (AvgIpc) is 3.41. The number of nitrogens with one attached hydrogen (secondary N) is 3. The number of para-hydroxylation sites is 1. The number of hydrogen-bond acceptors (Lipinski definition) is 5. The van der Waals surface area contributed by atoms with E-state index in [0.717, 1.165) is 40.5 Å². The summed E-state index contributed by atoms with van der Waals surface area (Å²) in [6.07, 6.45) is 6.88. The topological polar surface area (TPSA) is 96.0 Å². The number of anilines is 3. The molecule has 33 heavy (non-hydrogen) atoms. The third-order valence-corrected chi connectivity index (χ3v) is 7.13. The zero-order chi connectivity index (χ0) is 22.4. The summed E-state index contributed by atoms with van der Waals surface area (Å²) in [5.74, 6) is 1.81. The van der Waals surface area contributed by atoms with Crippen molar-refractivity contribution in [1.29, 1.82) is 0 Å². The van der Waals surface area contributed by atoms with Crippen molar-refractivity contribution < 1.29 is 9.59 Å². The smallest absolute Gasteiger partial charge is 0.251 e. The number of rotatable bonds is 4. The maximum absolute atomic E-state index is 12.7. The molecule has 3 atom stereocenters. The molecular weight excluding hydrogens is 414 g/mol. The van der Waals surface area contributed by atoms with Crippen molar-refractivity contribution >= 4 is 29.1 Å². The molecule has 2 amide bonds. The molecule has 0 spiro atoms. The zero-order valence-corrected chi connectivity index (χ0v) is 18.2. The van der Waals surface area contributed by atoms with Crippen LogP contribution in [0.2, 0.25) is 0 Å². The normalized spacial score (nSPS) is 22.7. The second kappa shape index (κ2) is 7.99. The summed E-state index contributed by atoms with van der Waals surface area (Å²) < 4.78 is 0. The van der Waals surface area contributed by atoms with Crippen molar-refractivity contribution in [3.63, 3.8) is 0 Å². The Morgan fingerprint density at radius 3 is 2.67 bits per heavy atom. The minimum atomic E-state index is -0.0789. The minimum Gasteiger partial charge on any atom is -0.349 e. The van der Waals surface area contributed by atoms with Crippen LogP contribution in [0.1, 0.15) is 41.6 Å². The number of hydrogen-bond donors (Lipinski definition) is 3. The fraction of sp³-hybridized carbons (Fsp3) is 0.308. The first-order valence-electron chi connectivity index (χ1n) is 11.6. The molecule has 3 N–H and O–H groups in total. The lowest BCUT2D eigenvalue weighted by Crippen LogP contribution is -2.38. The Labute approximate surface area is 192 Å². The van der Waals surface area contributed by atoms with E-state index in [1.165, 1.54) is 19.3 Å². The van der Waals surface area contributed by atoms with Crippen molar-refractivity contribution in [3.05, 3.63) is 65.9 Å². The molecule has 2 fully saturated rings. The van der Waals surface area contributed by atoms with Crippen LogP contribution in [0.25, 0.3) is 11.3 Å². The van der Waals surface area contributed by atoms with E-state index in [1.807, 2.05) is 48.5 Å². The molecule has 3 aliphatic rings. The Morgan fingerprint density at radius 1 is 1.03 bits per heavy atom. The molecular formula is C26H25N5O2. The van der Waals surface area contributed by atoms with Gasteiger partial charge in [0.1, 0.15) is 0 Å².